The van der Waals surface area contributed by atoms with E-state index in [1.165, 1.54) is 11.6 Å². The fourth-order valence-electron chi connectivity index (χ4n) is 2.70. The topological polar surface area (TPSA) is 126 Å². The molecule has 1 fully saturated rings. The van der Waals surface area contributed by atoms with E-state index in [2.05, 4.69) is 30.4 Å². The van der Waals surface area contributed by atoms with E-state index in [0.29, 0.717) is 36.0 Å². The van der Waals surface area contributed by atoms with Crippen LogP contribution in [-0.2, 0) is 10.0 Å². The standard InChI is InChI=1S/C16H28N8O3S/c1-11(2)8-19-28(25,26)6-5-18-15-21-16(23-9-12(10-23)17-3)20-13-7-14(27-4)22-24(13)15/h7,11-12,17,19H,5-6,8-10H2,1-4H3,(H,18,20,21). The molecular weight excluding hydrogens is 384 g/mol. The third-order valence-electron chi connectivity index (χ3n) is 4.44. The Morgan fingerprint density at radius 1 is 1.32 bits per heavy atom. The molecule has 0 atom stereocenters. The Morgan fingerprint density at radius 3 is 2.71 bits per heavy atom. The molecule has 0 spiro atoms. The maximum absolute atomic E-state index is 12.1. The van der Waals surface area contributed by atoms with E-state index in [0.717, 1.165) is 13.1 Å². The summed E-state index contributed by atoms with van der Waals surface area (Å²) in [5.74, 6) is 1.60. The predicted molar refractivity (Wildman–Crippen MR) is 108 cm³/mol. The van der Waals surface area contributed by atoms with Crippen molar-refractivity contribution in [3.63, 3.8) is 0 Å². The monoisotopic (exact) mass is 412 g/mol. The minimum Gasteiger partial charge on any atom is -0.480 e. The smallest absolute Gasteiger partial charge is 0.235 e. The summed E-state index contributed by atoms with van der Waals surface area (Å²) in [7, 11) is 0.0970. The maximum atomic E-state index is 12.1. The van der Waals surface area contributed by atoms with Crippen molar-refractivity contribution in [3.8, 4) is 5.88 Å². The summed E-state index contributed by atoms with van der Waals surface area (Å²) in [6.45, 7) is 6.15. The second kappa shape index (κ2) is 8.45. The first-order chi connectivity index (χ1) is 13.3. The first-order valence-electron chi connectivity index (χ1n) is 9.26. The highest BCUT2D eigenvalue weighted by molar-refractivity contribution is 7.89. The first-order valence-corrected chi connectivity index (χ1v) is 10.9. The Morgan fingerprint density at radius 2 is 2.07 bits per heavy atom. The van der Waals surface area contributed by atoms with Gasteiger partial charge in [0.15, 0.2) is 5.65 Å². The minimum absolute atomic E-state index is 0.0650. The summed E-state index contributed by atoms with van der Waals surface area (Å²) < 4.78 is 33.5. The van der Waals surface area contributed by atoms with Crippen LogP contribution in [0.2, 0.25) is 0 Å². The zero-order chi connectivity index (χ0) is 20.3. The molecule has 1 aliphatic heterocycles. The van der Waals surface area contributed by atoms with Crippen LogP contribution in [0.5, 0.6) is 5.88 Å². The first kappa shape index (κ1) is 20.6. The summed E-state index contributed by atoms with van der Waals surface area (Å²) in [6, 6.07) is 2.12. The Kier molecular flexibility index (Phi) is 6.20. The van der Waals surface area contributed by atoms with E-state index in [1.54, 1.807) is 6.07 Å². The number of rotatable bonds is 10. The Hall–Kier alpha value is -2.18. The minimum atomic E-state index is -3.36. The molecule has 28 heavy (non-hydrogen) atoms. The van der Waals surface area contributed by atoms with Crippen LogP contribution in [0.1, 0.15) is 13.8 Å². The quantitative estimate of drug-likeness (QED) is 0.475. The molecule has 3 heterocycles. The van der Waals surface area contributed by atoms with Gasteiger partial charge in [-0.3, -0.25) is 0 Å². The van der Waals surface area contributed by atoms with E-state index < -0.39 is 10.0 Å². The van der Waals surface area contributed by atoms with Crippen molar-refractivity contribution in [2.24, 2.45) is 5.92 Å². The van der Waals surface area contributed by atoms with Crippen LogP contribution in [-0.4, -0.2) is 80.1 Å². The van der Waals surface area contributed by atoms with E-state index in [9.17, 15) is 8.42 Å². The molecule has 1 saturated heterocycles. The molecule has 12 heteroatoms. The number of fused-ring (bicyclic) bond motifs is 1. The molecule has 3 N–H and O–H groups in total. The number of nitrogens with zero attached hydrogens (tertiary/aromatic N) is 5. The number of aromatic nitrogens is 4. The summed E-state index contributed by atoms with van der Waals surface area (Å²) in [5, 5.41) is 10.6. The van der Waals surface area contributed by atoms with Gasteiger partial charge in [-0.15, -0.1) is 5.10 Å². The third kappa shape index (κ3) is 4.80. The number of ether oxygens (including phenoxy) is 1. The third-order valence-corrected chi connectivity index (χ3v) is 5.78. The largest absolute Gasteiger partial charge is 0.480 e. The van der Waals surface area contributed by atoms with Gasteiger partial charge in [0, 0.05) is 38.3 Å². The average Bonchev–Trinajstić information content (AvgIpc) is 3.02. The van der Waals surface area contributed by atoms with Crippen molar-refractivity contribution in [3.05, 3.63) is 6.07 Å². The predicted octanol–water partition coefficient (Wildman–Crippen LogP) is -0.472. The highest BCUT2D eigenvalue weighted by Gasteiger charge is 2.28. The lowest BCUT2D eigenvalue weighted by molar-refractivity contribution is 0.395. The fraction of sp³-hybridized carbons (Fsp3) is 0.688. The molecular formula is C16H28N8O3S. The van der Waals surface area contributed by atoms with Gasteiger partial charge in [0.1, 0.15) is 0 Å². The van der Waals surface area contributed by atoms with Gasteiger partial charge in [0.2, 0.25) is 27.8 Å². The van der Waals surface area contributed by atoms with E-state index in [-0.39, 0.29) is 18.2 Å². The Bertz CT molecular complexity index is 908. The Labute approximate surface area is 164 Å². The molecule has 2 aromatic rings. The number of hydrogen-bond acceptors (Lipinski definition) is 9. The molecule has 0 unspecified atom stereocenters. The zero-order valence-corrected chi connectivity index (χ0v) is 17.5. The van der Waals surface area contributed by atoms with Crippen LogP contribution < -0.4 is 25.0 Å². The van der Waals surface area contributed by atoms with Gasteiger partial charge in [-0.25, -0.2) is 13.1 Å². The molecule has 0 radical (unpaired) electrons. The van der Waals surface area contributed by atoms with Crippen molar-refractivity contribution in [2.45, 2.75) is 19.9 Å². The lowest BCUT2D eigenvalue weighted by Crippen LogP contribution is -2.57. The second-order valence-electron chi connectivity index (χ2n) is 7.18. The van der Waals surface area contributed by atoms with Crippen molar-refractivity contribution in [1.82, 2.24) is 29.6 Å². The van der Waals surface area contributed by atoms with E-state index in [1.807, 2.05) is 25.8 Å². The van der Waals surface area contributed by atoms with Crippen LogP contribution in [0.3, 0.4) is 0 Å². The van der Waals surface area contributed by atoms with Crippen molar-refractivity contribution in [1.29, 1.82) is 0 Å². The number of anilines is 2. The average molecular weight is 413 g/mol. The highest BCUT2D eigenvalue weighted by Crippen LogP contribution is 2.22. The summed E-state index contributed by atoms with van der Waals surface area (Å²) in [6.07, 6.45) is 0. The summed E-state index contributed by atoms with van der Waals surface area (Å²) in [5.41, 5.74) is 0.582. The van der Waals surface area contributed by atoms with Gasteiger partial charge < -0.3 is 20.3 Å². The molecule has 0 aliphatic carbocycles. The van der Waals surface area contributed by atoms with Gasteiger partial charge in [0.05, 0.1) is 12.9 Å². The summed E-state index contributed by atoms with van der Waals surface area (Å²) in [4.78, 5) is 11.1. The lowest BCUT2D eigenvalue weighted by Gasteiger charge is -2.39. The van der Waals surface area contributed by atoms with Crippen LogP contribution in [0.25, 0.3) is 5.65 Å². The fourth-order valence-corrected chi connectivity index (χ4v) is 3.80. The second-order valence-corrected chi connectivity index (χ2v) is 9.11. The van der Waals surface area contributed by atoms with Gasteiger partial charge in [0.25, 0.3) is 0 Å². The van der Waals surface area contributed by atoms with E-state index in [4.69, 9.17) is 4.74 Å². The zero-order valence-electron chi connectivity index (χ0n) is 16.6. The molecule has 3 rings (SSSR count). The maximum Gasteiger partial charge on any atom is 0.235 e. The number of methoxy groups -OCH3 is 1. The molecule has 0 saturated carbocycles. The molecule has 1 aliphatic rings. The van der Waals surface area contributed by atoms with Crippen LogP contribution in [0.15, 0.2) is 6.07 Å². The van der Waals surface area contributed by atoms with Gasteiger partial charge in [-0.05, 0) is 13.0 Å². The van der Waals surface area contributed by atoms with Crippen LogP contribution in [0.4, 0.5) is 11.9 Å². The Balaban J connectivity index is 1.74. The lowest BCUT2D eigenvalue weighted by atomic mass is 10.1. The molecule has 0 aromatic carbocycles. The highest BCUT2D eigenvalue weighted by atomic mass is 32.2. The molecule has 156 valence electrons. The number of hydrogen-bond donors (Lipinski definition) is 3. The number of sulfonamides is 1. The molecule has 0 amide bonds. The molecule has 0 bridgehead atoms. The van der Waals surface area contributed by atoms with Crippen molar-refractivity contribution < 1.29 is 13.2 Å². The van der Waals surface area contributed by atoms with E-state index >= 15 is 0 Å². The van der Waals surface area contributed by atoms with Crippen LogP contribution >= 0.6 is 0 Å². The van der Waals surface area contributed by atoms with Crippen LogP contribution in [0, 0.1) is 5.92 Å². The normalized spacial score (nSPS) is 15.2. The summed E-state index contributed by atoms with van der Waals surface area (Å²) >= 11 is 0. The SMILES string of the molecule is CNC1CN(c2nc(NCCS(=O)(=O)NCC(C)C)n3nc(OC)cc3n2)C1. The van der Waals surface area contributed by atoms with Gasteiger partial charge in [-0.1, -0.05) is 13.8 Å². The molecule has 2 aromatic heterocycles. The van der Waals surface area contributed by atoms with Gasteiger partial charge >= 0.3 is 0 Å². The van der Waals surface area contributed by atoms with Gasteiger partial charge in [-0.2, -0.15) is 14.5 Å². The number of likely N-dealkylation sites (N-methyl/N-ethyl adjacent to an activating group) is 1. The molecule has 11 nitrogen and oxygen atoms in total. The van der Waals surface area contributed by atoms with Crippen molar-refractivity contribution >= 4 is 27.6 Å². The number of nitrogens with one attached hydrogen (secondary N) is 3. The van der Waals surface area contributed by atoms with Crippen molar-refractivity contribution in [2.75, 3.05) is 56.3 Å².